The third-order valence-corrected chi connectivity index (χ3v) is 2.79. The second-order valence-electron chi connectivity index (χ2n) is 3.35. The normalized spacial score (nSPS) is 15.5. The van der Waals surface area contributed by atoms with Crippen LogP contribution < -0.4 is 0 Å². The SMILES string of the molecule is CC(C)OCC(O)CSC(C)C(=O)O. The Kier molecular flexibility index (Phi) is 6.96. The van der Waals surface area contributed by atoms with E-state index in [9.17, 15) is 9.90 Å². The summed E-state index contributed by atoms with van der Waals surface area (Å²) in [5, 5.41) is 17.5. The highest BCUT2D eigenvalue weighted by Gasteiger charge is 2.14. The first-order valence-corrected chi connectivity index (χ1v) is 5.62. The zero-order valence-electron chi connectivity index (χ0n) is 8.77. The minimum Gasteiger partial charge on any atom is -0.480 e. The average Bonchev–Trinajstić information content (AvgIpc) is 2.10. The highest BCUT2D eigenvalue weighted by molar-refractivity contribution is 8.00. The minimum atomic E-state index is -0.855. The van der Waals surface area contributed by atoms with E-state index in [4.69, 9.17) is 9.84 Å². The summed E-state index contributed by atoms with van der Waals surface area (Å²) in [7, 11) is 0. The molecular formula is C9H18O4S. The van der Waals surface area contributed by atoms with Crippen LogP contribution in [-0.2, 0) is 9.53 Å². The number of hydrogen-bond donors (Lipinski definition) is 2. The molecule has 0 rings (SSSR count). The molecule has 0 aliphatic carbocycles. The zero-order valence-corrected chi connectivity index (χ0v) is 9.58. The van der Waals surface area contributed by atoms with Crippen molar-refractivity contribution in [3.8, 4) is 0 Å². The Labute approximate surface area is 88.6 Å². The van der Waals surface area contributed by atoms with E-state index in [1.54, 1.807) is 6.92 Å². The lowest BCUT2D eigenvalue weighted by atomic mass is 10.4. The largest absolute Gasteiger partial charge is 0.480 e. The predicted octanol–water partition coefficient (Wildman–Crippen LogP) is 0.979. The highest BCUT2D eigenvalue weighted by Crippen LogP contribution is 2.12. The Morgan fingerprint density at radius 1 is 1.43 bits per heavy atom. The fourth-order valence-corrected chi connectivity index (χ4v) is 1.43. The molecule has 0 saturated carbocycles. The molecule has 0 aromatic rings. The Morgan fingerprint density at radius 3 is 2.43 bits per heavy atom. The fraction of sp³-hybridized carbons (Fsp3) is 0.889. The lowest BCUT2D eigenvalue weighted by Gasteiger charge is -2.14. The maximum absolute atomic E-state index is 10.4. The van der Waals surface area contributed by atoms with Crippen molar-refractivity contribution in [3.05, 3.63) is 0 Å². The summed E-state index contributed by atoms with van der Waals surface area (Å²) in [5.74, 6) is -0.466. The Morgan fingerprint density at radius 2 is 2.00 bits per heavy atom. The van der Waals surface area contributed by atoms with Gasteiger partial charge in [-0.1, -0.05) is 0 Å². The molecule has 0 spiro atoms. The molecule has 5 heteroatoms. The van der Waals surface area contributed by atoms with Crippen molar-refractivity contribution >= 4 is 17.7 Å². The molecule has 2 N–H and O–H groups in total. The molecule has 0 aromatic heterocycles. The van der Waals surface area contributed by atoms with Gasteiger partial charge in [-0.2, -0.15) is 0 Å². The third kappa shape index (κ3) is 7.17. The van der Waals surface area contributed by atoms with E-state index in [1.807, 2.05) is 13.8 Å². The van der Waals surface area contributed by atoms with Crippen LogP contribution in [0.1, 0.15) is 20.8 Å². The molecule has 0 bridgehead atoms. The molecule has 0 saturated heterocycles. The van der Waals surface area contributed by atoms with Crippen LogP contribution in [0.4, 0.5) is 0 Å². The molecule has 0 aromatic carbocycles. The molecule has 2 unspecified atom stereocenters. The number of ether oxygens (including phenoxy) is 1. The summed E-state index contributed by atoms with van der Waals surface area (Å²) in [6.07, 6.45) is -0.504. The standard InChI is InChI=1S/C9H18O4S/c1-6(2)13-4-8(10)5-14-7(3)9(11)12/h6-8,10H,4-5H2,1-3H3,(H,11,12). The van der Waals surface area contributed by atoms with Crippen LogP contribution in [-0.4, -0.2) is 46.0 Å². The number of thioether (sulfide) groups is 1. The molecular weight excluding hydrogens is 204 g/mol. The van der Waals surface area contributed by atoms with E-state index in [-0.39, 0.29) is 12.7 Å². The molecule has 0 heterocycles. The van der Waals surface area contributed by atoms with Gasteiger partial charge in [0.15, 0.2) is 0 Å². The molecule has 0 amide bonds. The zero-order chi connectivity index (χ0) is 11.1. The molecule has 2 atom stereocenters. The van der Waals surface area contributed by atoms with Gasteiger partial charge in [0, 0.05) is 5.75 Å². The molecule has 0 radical (unpaired) electrons. The van der Waals surface area contributed by atoms with Crippen molar-refractivity contribution in [2.45, 2.75) is 38.2 Å². The summed E-state index contributed by atoms with van der Waals surface area (Å²) in [6, 6.07) is 0. The minimum absolute atomic E-state index is 0.0894. The van der Waals surface area contributed by atoms with Gasteiger partial charge in [-0.05, 0) is 20.8 Å². The molecule has 84 valence electrons. The van der Waals surface area contributed by atoms with Gasteiger partial charge in [0.1, 0.15) is 0 Å². The third-order valence-electron chi connectivity index (χ3n) is 1.51. The first-order chi connectivity index (χ1) is 6.43. The first-order valence-electron chi connectivity index (χ1n) is 4.57. The number of hydrogen-bond acceptors (Lipinski definition) is 4. The van der Waals surface area contributed by atoms with Crippen molar-refractivity contribution in [1.82, 2.24) is 0 Å². The number of carbonyl (C=O) groups is 1. The fourth-order valence-electron chi connectivity index (χ4n) is 0.678. The molecule has 0 aliphatic heterocycles. The van der Waals surface area contributed by atoms with Gasteiger partial charge in [-0.25, -0.2) is 0 Å². The van der Waals surface area contributed by atoms with Crippen LogP contribution in [0.2, 0.25) is 0 Å². The summed E-state index contributed by atoms with van der Waals surface area (Å²) in [4.78, 5) is 10.4. The van der Waals surface area contributed by atoms with Crippen LogP contribution in [0.25, 0.3) is 0 Å². The van der Waals surface area contributed by atoms with Crippen LogP contribution in [0, 0.1) is 0 Å². The van der Waals surface area contributed by atoms with Crippen molar-refractivity contribution in [1.29, 1.82) is 0 Å². The maximum atomic E-state index is 10.4. The van der Waals surface area contributed by atoms with Crippen LogP contribution >= 0.6 is 11.8 Å². The van der Waals surface area contributed by atoms with Crippen molar-refractivity contribution in [3.63, 3.8) is 0 Å². The Balaban J connectivity index is 3.53. The van der Waals surface area contributed by atoms with E-state index in [2.05, 4.69) is 0 Å². The van der Waals surface area contributed by atoms with E-state index in [0.717, 1.165) is 0 Å². The van der Waals surface area contributed by atoms with Gasteiger partial charge in [0.05, 0.1) is 24.1 Å². The van der Waals surface area contributed by atoms with E-state index in [1.165, 1.54) is 11.8 Å². The van der Waals surface area contributed by atoms with Crippen molar-refractivity contribution in [2.75, 3.05) is 12.4 Å². The van der Waals surface area contributed by atoms with E-state index < -0.39 is 17.3 Å². The second kappa shape index (κ2) is 7.09. The summed E-state index contributed by atoms with van der Waals surface area (Å²) >= 11 is 1.21. The lowest BCUT2D eigenvalue weighted by Crippen LogP contribution is -2.23. The van der Waals surface area contributed by atoms with Crippen LogP contribution in [0.5, 0.6) is 0 Å². The smallest absolute Gasteiger partial charge is 0.316 e. The average molecular weight is 222 g/mol. The Bertz CT molecular complexity index is 172. The molecule has 0 fully saturated rings. The second-order valence-corrected chi connectivity index (χ2v) is 4.72. The van der Waals surface area contributed by atoms with Crippen LogP contribution in [0.3, 0.4) is 0 Å². The summed E-state index contributed by atoms with van der Waals surface area (Å²) in [6.45, 7) is 5.64. The number of aliphatic hydroxyl groups excluding tert-OH is 1. The van der Waals surface area contributed by atoms with Gasteiger partial charge in [-0.3, -0.25) is 4.79 Å². The lowest BCUT2D eigenvalue weighted by molar-refractivity contribution is -0.136. The number of aliphatic hydroxyl groups is 1. The summed E-state index contributed by atoms with van der Waals surface area (Å²) < 4.78 is 5.19. The van der Waals surface area contributed by atoms with Gasteiger partial charge in [0.25, 0.3) is 0 Å². The number of aliphatic carboxylic acids is 1. The first kappa shape index (κ1) is 13.7. The maximum Gasteiger partial charge on any atom is 0.316 e. The van der Waals surface area contributed by atoms with Gasteiger partial charge in [0.2, 0.25) is 0 Å². The number of carboxylic acid groups (broad SMARTS) is 1. The number of rotatable bonds is 7. The molecule has 0 aliphatic rings. The van der Waals surface area contributed by atoms with Crippen molar-refractivity contribution in [2.24, 2.45) is 0 Å². The molecule has 14 heavy (non-hydrogen) atoms. The number of carboxylic acids is 1. The predicted molar refractivity (Wildman–Crippen MR) is 56.7 cm³/mol. The van der Waals surface area contributed by atoms with Gasteiger partial charge < -0.3 is 14.9 Å². The van der Waals surface area contributed by atoms with Crippen LogP contribution in [0.15, 0.2) is 0 Å². The van der Waals surface area contributed by atoms with Crippen molar-refractivity contribution < 1.29 is 19.7 Å². The quantitative estimate of drug-likeness (QED) is 0.672. The summed E-state index contributed by atoms with van der Waals surface area (Å²) in [5.41, 5.74) is 0. The van der Waals surface area contributed by atoms with Gasteiger partial charge >= 0.3 is 5.97 Å². The molecule has 4 nitrogen and oxygen atoms in total. The highest BCUT2D eigenvalue weighted by atomic mass is 32.2. The monoisotopic (exact) mass is 222 g/mol. The topological polar surface area (TPSA) is 66.8 Å². The van der Waals surface area contributed by atoms with Gasteiger partial charge in [-0.15, -0.1) is 11.8 Å². The van der Waals surface area contributed by atoms with E-state index in [0.29, 0.717) is 5.75 Å². The van der Waals surface area contributed by atoms with E-state index >= 15 is 0 Å². The Hall–Kier alpha value is -0.260.